The molecule has 0 saturated carbocycles. The molecule has 0 saturated heterocycles. The van der Waals surface area contributed by atoms with Crippen LogP contribution in [-0.4, -0.2) is 34.0 Å². The van der Waals surface area contributed by atoms with Gasteiger partial charge in [-0.05, 0) is 49.1 Å². The van der Waals surface area contributed by atoms with Crippen LogP contribution in [0.15, 0.2) is 48.5 Å². The zero-order chi connectivity index (χ0) is 22.7. The lowest BCUT2D eigenvalue weighted by Gasteiger charge is -2.07. The highest BCUT2D eigenvalue weighted by molar-refractivity contribution is 5.96. The molecule has 0 fully saturated rings. The van der Waals surface area contributed by atoms with E-state index < -0.39 is 17.6 Å². The quantitative estimate of drug-likeness (QED) is 0.523. The molecular weight excluding hydrogens is 413 g/mol. The van der Waals surface area contributed by atoms with Crippen LogP contribution < -0.4 is 16.4 Å². The van der Waals surface area contributed by atoms with Crippen LogP contribution in [0, 0.1) is 5.82 Å². The van der Waals surface area contributed by atoms with Gasteiger partial charge in [-0.3, -0.25) is 14.4 Å². The summed E-state index contributed by atoms with van der Waals surface area (Å²) in [5.41, 5.74) is 8.54. The molecule has 2 aromatic carbocycles. The number of aromatic nitrogens is 2. The van der Waals surface area contributed by atoms with Gasteiger partial charge in [0, 0.05) is 23.4 Å². The number of nitrogens with two attached hydrogens (primary N) is 1. The highest BCUT2D eigenvalue weighted by Gasteiger charge is 2.27. The summed E-state index contributed by atoms with van der Waals surface area (Å²) in [4.78, 5) is 35.5. The fourth-order valence-electron chi connectivity index (χ4n) is 3.75. The lowest BCUT2D eigenvalue weighted by atomic mass is 10.1. The second-order valence-electron chi connectivity index (χ2n) is 7.52. The van der Waals surface area contributed by atoms with E-state index >= 15 is 0 Å². The summed E-state index contributed by atoms with van der Waals surface area (Å²) in [7, 11) is 0. The van der Waals surface area contributed by atoms with Crippen molar-refractivity contribution in [1.82, 2.24) is 20.4 Å². The van der Waals surface area contributed by atoms with Crippen LogP contribution in [0.1, 0.15) is 44.1 Å². The van der Waals surface area contributed by atoms with Crippen LogP contribution in [0.2, 0.25) is 0 Å². The van der Waals surface area contributed by atoms with Crippen molar-refractivity contribution in [3.63, 3.8) is 0 Å². The van der Waals surface area contributed by atoms with E-state index in [4.69, 9.17) is 5.73 Å². The number of carbonyl (C=O) groups is 3. The molecule has 0 bridgehead atoms. The van der Waals surface area contributed by atoms with Gasteiger partial charge in [0.1, 0.15) is 11.5 Å². The molecular formula is C23H22FN5O3. The molecule has 32 heavy (non-hydrogen) atoms. The van der Waals surface area contributed by atoms with E-state index in [9.17, 15) is 18.8 Å². The molecule has 3 aromatic rings. The average molecular weight is 435 g/mol. The second kappa shape index (κ2) is 9.01. The molecule has 1 aliphatic carbocycles. The van der Waals surface area contributed by atoms with Crippen LogP contribution >= 0.6 is 0 Å². The van der Waals surface area contributed by atoms with Crippen LogP contribution in [-0.2, 0) is 24.2 Å². The summed E-state index contributed by atoms with van der Waals surface area (Å²) in [6.07, 6.45) is 2.35. The number of amides is 3. The van der Waals surface area contributed by atoms with Gasteiger partial charge in [-0.1, -0.05) is 24.3 Å². The molecule has 0 atom stereocenters. The Balaban J connectivity index is 1.45. The molecule has 4 rings (SSSR count). The molecule has 0 radical (unpaired) electrons. The Morgan fingerprint density at radius 1 is 1.00 bits per heavy atom. The van der Waals surface area contributed by atoms with Crippen molar-refractivity contribution >= 4 is 17.7 Å². The largest absolute Gasteiger partial charge is 0.368 e. The Labute approximate surface area is 183 Å². The number of hydrogen-bond acceptors (Lipinski definition) is 4. The lowest BCUT2D eigenvalue weighted by Crippen LogP contribution is -2.33. The van der Waals surface area contributed by atoms with E-state index in [1.54, 1.807) is 42.5 Å². The lowest BCUT2D eigenvalue weighted by molar-refractivity contribution is -0.117. The molecule has 1 aromatic heterocycles. The molecule has 8 nitrogen and oxygen atoms in total. The van der Waals surface area contributed by atoms with Crippen molar-refractivity contribution in [1.29, 1.82) is 0 Å². The van der Waals surface area contributed by atoms with E-state index in [1.165, 1.54) is 10.7 Å². The van der Waals surface area contributed by atoms with Gasteiger partial charge in [-0.2, -0.15) is 5.10 Å². The summed E-state index contributed by atoms with van der Waals surface area (Å²) in [6, 6.07) is 13.0. The van der Waals surface area contributed by atoms with Crippen molar-refractivity contribution in [3.8, 4) is 5.69 Å². The zero-order valence-electron chi connectivity index (χ0n) is 17.2. The maximum Gasteiger partial charge on any atom is 0.272 e. The third-order valence-corrected chi connectivity index (χ3v) is 5.32. The Kier molecular flexibility index (Phi) is 5.98. The monoisotopic (exact) mass is 435 g/mol. The minimum Gasteiger partial charge on any atom is -0.368 e. The normalized spacial score (nSPS) is 12.3. The first-order valence-corrected chi connectivity index (χ1v) is 10.2. The molecule has 0 aliphatic heterocycles. The number of nitrogens with one attached hydrogen (secondary N) is 2. The number of hydrogen-bond donors (Lipinski definition) is 3. The van der Waals surface area contributed by atoms with Crippen molar-refractivity contribution in [3.05, 3.63) is 82.4 Å². The molecule has 0 spiro atoms. The second-order valence-corrected chi connectivity index (χ2v) is 7.52. The molecule has 1 heterocycles. The van der Waals surface area contributed by atoms with Gasteiger partial charge in [0.25, 0.3) is 11.8 Å². The molecule has 1 aliphatic rings. The van der Waals surface area contributed by atoms with Crippen LogP contribution in [0.25, 0.3) is 5.69 Å². The highest BCUT2D eigenvalue weighted by Crippen LogP contribution is 2.28. The van der Waals surface area contributed by atoms with Gasteiger partial charge in [-0.15, -0.1) is 0 Å². The third-order valence-electron chi connectivity index (χ3n) is 5.32. The third kappa shape index (κ3) is 4.36. The predicted octanol–water partition coefficient (Wildman–Crippen LogP) is 1.65. The maximum atomic E-state index is 14.3. The Bertz CT molecular complexity index is 1190. The summed E-state index contributed by atoms with van der Waals surface area (Å²) in [5, 5.41) is 9.68. The molecule has 3 amide bonds. The first-order chi connectivity index (χ1) is 15.4. The Morgan fingerprint density at radius 2 is 1.75 bits per heavy atom. The molecule has 164 valence electrons. The van der Waals surface area contributed by atoms with Crippen LogP contribution in [0.5, 0.6) is 0 Å². The first kappa shape index (κ1) is 21.2. The first-order valence-electron chi connectivity index (χ1n) is 10.2. The number of rotatable bonds is 7. The Hall–Kier alpha value is -4.01. The van der Waals surface area contributed by atoms with E-state index in [1.807, 2.05) is 0 Å². The van der Waals surface area contributed by atoms with Gasteiger partial charge >= 0.3 is 0 Å². The van der Waals surface area contributed by atoms with Crippen LogP contribution in [0.4, 0.5) is 4.39 Å². The number of halogens is 1. The number of primary amides is 1. The van der Waals surface area contributed by atoms with Gasteiger partial charge < -0.3 is 16.4 Å². The van der Waals surface area contributed by atoms with E-state index in [-0.39, 0.29) is 19.0 Å². The van der Waals surface area contributed by atoms with E-state index in [0.29, 0.717) is 16.9 Å². The minimum atomic E-state index is -0.624. The van der Waals surface area contributed by atoms with Crippen molar-refractivity contribution in [2.75, 3.05) is 6.54 Å². The topological polar surface area (TPSA) is 119 Å². The number of para-hydroxylation sites is 1. The standard InChI is InChI=1S/C23H22FN5O3/c24-17-5-1-2-6-19(17)29-18-7-3-4-16(18)21(28-29)23(32)26-12-14-8-10-15(11-9-14)22(31)27-13-20(25)30/h1-2,5-6,8-11H,3-4,7,12-13H2,(H2,25,30)(H,26,32)(H,27,31). The summed E-state index contributed by atoms with van der Waals surface area (Å²) in [5.74, 6) is -1.76. The van der Waals surface area contributed by atoms with Gasteiger partial charge in [0.2, 0.25) is 5.91 Å². The number of carbonyl (C=O) groups excluding carboxylic acids is 3. The summed E-state index contributed by atoms with van der Waals surface area (Å²) in [6.45, 7) is 0.00381. The zero-order valence-corrected chi connectivity index (χ0v) is 17.2. The SMILES string of the molecule is NC(=O)CNC(=O)c1ccc(CNC(=O)c2nn(-c3ccccc3F)c3c2CCC3)cc1. The highest BCUT2D eigenvalue weighted by atomic mass is 19.1. The number of nitrogens with zero attached hydrogens (tertiary/aromatic N) is 2. The molecule has 4 N–H and O–H groups in total. The van der Waals surface area contributed by atoms with Crippen molar-refractivity contribution in [2.45, 2.75) is 25.8 Å². The average Bonchev–Trinajstić information content (AvgIpc) is 3.40. The fraction of sp³-hybridized carbons (Fsp3) is 0.217. The van der Waals surface area contributed by atoms with E-state index in [0.717, 1.165) is 36.1 Å². The minimum absolute atomic E-state index is 0.236. The van der Waals surface area contributed by atoms with Crippen molar-refractivity contribution in [2.24, 2.45) is 5.73 Å². The Morgan fingerprint density at radius 3 is 2.47 bits per heavy atom. The predicted molar refractivity (Wildman–Crippen MR) is 115 cm³/mol. The van der Waals surface area contributed by atoms with Gasteiger partial charge in [0.05, 0.1) is 6.54 Å². The van der Waals surface area contributed by atoms with Gasteiger partial charge in [0.15, 0.2) is 5.69 Å². The number of benzene rings is 2. The summed E-state index contributed by atoms with van der Waals surface area (Å²) < 4.78 is 15.8. The van der Waals surface area contributed by atoms with Crippen molar-refractivity contribution < 1.29 is 18.8 Å². The smallest absolute Gasteiger partial charge is 0.272 e. The summed E-state index contributed by atoms with van der Waals surface area (Å²) >= 11 is 0. The molecule has 0 unspecified atom stereocenters. The number of fused-ring (bicyclic) bond motifs is 1. The van der Waals surface area contributed by atoms with Gasteiger partial charge in [-0.25, -0.2) is 9.07 Å². The molecule has 9 heteroatoms. The maximum absolute atomic E-state index is 14.3. The van der Waals surface area contributed by atoms with E-state index in [2.05, 4.69) is 15.7 Å². The fourth-order valence-corrected chi connectivity index (χ4v) is 3.75. The van der Waals surface area contributed by atoms with Crippen LogP contribution in [0.3, 0.4) is 0 Å².